The Morgan fingerprint density at radius 3 is 1.42 bits per heavy atom. The molecule has 0 aliphatic carbocycles. The standard InChI is InChI=1S/C22H19ClNOP/c23-26(18-19-16-17-25-24-19,20-10-4-1-5-11-20,21-12-6-2-7-13-21)22-14-8-3-9-15-22/h1-17H,18H2. The SMILES string of the molecule is ClP(Cc1ccon1)(c1ccccc1)(c1ccccc1)c1ccccc1. The minimum atomic E-state index is -3.29. The predicted molar refractivity (Wildman–Crippen MR) is 111 cm³/mol. The molecule has 1 heterocycles. The Kier molecular flexibility index (Phi) is 4.40. The average molecular weight is 380 g/mol. The molecule has 0 fully saturated rings. The molecule has 0 saturated heterocycles. The van der Waals surface area contributed by atoms with Gasteiger partial charge in [0, 0.05) is 0 Å². The van der Waals surface area contributed by atoms with E-state index in [9.17, 15) is 0 Å². The van der Waals surface area contributed by atoms with Crippen molar-refractivity contribution in [3.63, 3.8) is 0 Å². The minimum absolute atomic E-state index is 0.599. The van der Waals surface area contributed by atoms with Crippen molar-refractivity contribution in [1.82, 2.24) is 5.16 Å². The molecule has 0 radical (unpaired) electrons. The van der Waals surface area contributed by atoms with Gasteiger partial charge < -0.3 is 0 Å². The van der Waals surface area contributed by atoms with Crippen molar-refractivity contribution >= 4 is 33.1 Å². The second-order valence-electron chi connectivity index (χ2n) is 6.34. The molecule has 0 spiro atoms. The van der Waals surface area contributed by atoms with Crippen molar-refractivity contribution in [2.75, 3.05) is 0 Å². The molecule has 1 aromatic heterocycles. The van der Waals surface area contributed by atoms with E-state index in [1.54, 1.807) is 6.26 Å². The first-order valence-electron chi connectivity index (χ1n) is 8.51. The van der Waals surface area contributed by atoms with Gasteiger partial charge in [-0.2, -0.15) is 0 Å². The van der Waals surface area contributed by atoms with Crippen molar-refractivity contribution in [3.05, 3.63) is 109 Å². The van der Waals surface area contributed by atoms with Crippen molar-refractivity contribution in [2.45, 2.75) is 6.16 Å². The van der Waals surface area contributed by atoms with E-state index in [1.807, 2.05) is 60.7 Å². The maximum atomic E-state index is 7.91. The van der Waals surface area contributed by atoms with Gasteiger partial charge in [-0.05, 0) is 0 Å². The Balaban J connectivity index is 2.10. The molecule has 4 heteroatoms. The first-order chi connectivity index (χ1) is 12.7. The van der Waals surface area contributed by atoms with E-state index in [0.717, 1.165) is 21.6 Å². The van der Waals surface area contributed by atoms with E-state index in [4.69, 9.17) is 15.8 Å². The monoisotopic (exact) mass is 379 g/mol. The van der Waals surface area contributed by atoms with Crippen molar-refractivity contribution in [2.24, 2.45) is 0 Å². The first-order valence-corrected chi connectivity index (χ1v) is 11.8. The van der Waals surface area contributed by atoms with Gasteiger partial charge in [-0.3, -0.25) is 0 Å². The summed E-state index contributed by atoms with van der Waals surface area (Å²) in [5, 5.41) is 7.57. The van der Waals surface area contributed by atoms with Crippen LogP contribution in [-0.2, 0) is 6.16 Å². The summed E-state index contributed by atoms with van der Waals surface area (Å²) in [4.78, 5) is 0. The third kappa shape index (κ3) is 2.67. The molecule has 26 heavy (non-hydrogen) atoms. The molecule has 130 valence electrons. The molecule has 4 aromatic rings. The van der Waals surface area contributed by atoms with E-state index < -0.39 is 5.96 Å². The zero-order valence-corrected chi connectivity index (χ0v) is 15.9. The molecule has 2 nitrogen and oxygen atoms in total. The number of rotatable bonds is 5. The normalized spacial score (nSPS) is 13.0. The van der Waals surface area contributed by atoms with Crippen LogP contribution in [0.25, 0.3) is 0 Å². The van der Waals surface area contributed by atoms with E-state index in [2.05, 4.69) is 41.6 Å². The number of nitrogens with zero attached hydrogens (tertiary/aromatic N) is 1. The predicted octanol–water partition coefficient (Wildman–Crippen LogP) is 4.86. The van der Waals surface area contributed by atoms with Crippen LogP contribution in [0.3, 0.4) is 0 Å². The quantitative estimate of drug-likeness (QED) is 0.463. The summed E-state index contributed by atoms with van der Waals surface area (Å²) in [6, 6.07) is 33.0. The van der Waals surface area contributed by atoms with Gasteiger partial charge in [-0.25, -0.2) is 0 Å². The Morgan fingerprint density at radius 2 is 1.08 bits per heavy atom. The second kappa shape index (κ2) is 6.72. The number of aromatic nitrogens is 1. The number of hydrogen-bond donors (Lipinski definition) is 0. The van der Waals surface area contributed by atoms with Crippen molar-refractivity contribution in [3.8, 4) is 0 Å². The molecular weight excluding hydrogens is 361 g/mol. The fourth-order valence-electron chi connectivity index (χ4n) is 3.56. The van der Waals surface area contributed by atoms with Crippen molar-refractivity contribution < 1.29 is 4.52 Å². The first kappa shape index (κ1) is 17.0. The van der Waals surface area contributed by atoms with Gasteiger partial charge in [0.05, 0.1) is 0 Å². The average Bonchev–Trinajstić information content (AvgIpc) is 3.23. The van der Waals surface area contributed by atoms with Gasteiger partial charge in [0.1, 0.15) is 0 Å². The zero-order chi connectivity index (χ0) is 17.9. The third-order valence-corrected chi connectivity index (χ3v) is 12.0. The van der Waals surface area contributed by atoms with E-state index >= 15 is 0 Å². The molecule has 0 bridgehead atoms. The fraction of sp³-hybridized carbons (Fsp3) is 0.0455. The van der Waals surface area contributed by atoms with E-state index in [0.29, 0.717) is 6.16 Å². The van der Waals surface area contributed by atoms with Crippen molar-refractivity contribution in [1.29, 1.82) is 0 Å². The van der Waals surface area contributed by atoms with E-state index in [1.165, 1.54) is 0 Å². The van der Waals surface area contributed by atoms with Gasteiger partial charge >= 0.3 is 158 Å². The molecule has 0 amide bonds. The van der Waals surface area contributed by atoms with Crippen LogP contribution in [0.15, 0.2) is 108 Å². The molecular formula is C22H19ClNOP. The van der Waals surface area contributed by atoms with Crippen LogP contribution in [0.1, 0.15) is 5.69 Å². The van der Waals surface area contributed by atoms with Crippen LogP contribution >= 0.6 is 17.2 Å². The van der Waals surface area contributed by atoms with Crippen LogP contribution in [0.4, 0.5) is 0 Å². The molecule has 0 aliphatic heterocycles. The van der Waals surface area contributed by atoms with Gasteiger partial charge in [-0.1, -0.05) is 0 Å². The summed E-state index contributed by atoms with van der Waals surface area (Å²) < 4.78 is 5.13. The van der Waals surface area contributed by atoms with Crippen LogP contribution in [0.5, 0.6) is 0 Å². The third-order valence-electron chi connectivity index (χ3n) is 4.83. The summed E-state index contributed by atoms with van der Waals surface area (Å²) in [6.07, 6.45) is 2.20. The van der Waals surface area contributed by atoms with Gasteiger partial charge in [0.15, 0.2) is 0 Å². The molecule has 3 aromatic carbocycles. The Hall–Kier alpha value is -2.41. The number of hydrogen-bond acceptors (Lipinski definition) is 2. The van der Waals surface area contributed by atoms with Gasteiger partial charge in [0.25, 0.3) is 0 Å². The molecule has 0 aliphatic rings. The molecule has 0 N–H and O–H groups in total. The van der Waals surface area contributed by atoms with Gasteiger partial charge in [-0.15, -0.1) is 0 Å². The Labute approximate surface area is 158 Å². The van der Waals surface area contributed by atoms with Gasteiger partial charge in [0.2, 0.25) is 0 Å². The zero-order valence-electron chi connectivity index (χ0n) is 14.2. The number of benzene rings is 3. The summed E-state index contributed by atoms with van der Waals surface area (Å²) in [7, 11) is 0. The summed E-state index contributed by atoms with van der Waals surface area (Å²) in [5.74, 6) is -3.29. The molecule has 0 unspecified atom stereocenters. The van der Waals surface area contributed by atoms with Crippen LogP contribution < -0.4 is 15.9 Å². The summed E-state index contributed by atoms with van der Waals surface area (Å²) in [6.45, 7) is 0. The summed E-state index contributed by atoms with van der Waals surface area (Å²) >= 11 is 7.91. The van der Waals surface area contributed by atoms with Crippen LogP contribution in [-0.4, -0.2) is 5.16 Å². The molecule has 0 atom stereocenters. The fourth-order valence-corrected chi connectivity index (χ4v) is 9.54. The summed E-state index contributed by atoms with van der Waals surface area (Å²) in [5.41, 5.74) is 0.856. The Morgan fingerprint density at radius 1 is 0.654 bits per heavy atom. The van der Waals surface area contributed by atoms with Crippen LogP contribution in [0, 0.1) is 0 Å². The topological polar surface area (TPSA) is 26.0 Å². The molecule has 0 saturated carbocycles. The van der Waals surface area contributed by atoms with E-state index in [-0.39, 0.29) is 0 Å². The second-order valence-corrected chi connectivity index (χ2v) is 12.8. The number of halogens is 1. The Bertz CT molecular complexity index is 873. The van der Waals surface area contributed by atoms with Crippen LogP contribution in [0.2, 0.25) is 0 Å². The molecule has 4 rings (SSSR count). The maximum absolute atomic E-state index is 7.91.